The monoisotopic (exact) mass is 1620 g/mol. The van der Waals surface area contributed by atoms with Crippen molar-refractivity contribution in [3.05, 3.63) is 0 Å². The van der Waals surface area contributed by atoms with Gasteiger partial charge in [-0.1, -0.05) is 452 Å². The number of aliphatic hydroxyl groups is 1. The van der Waals surface area contributed by atoms with Crippen LogP contribution in [-0.2, 0) is 65.4 Å². The molecule has 111 heavy (non-hydrogen) atoms. The highest BCUT2D eigenvalue weighted by atomic mass is 31.2. The molecular weight excluding hydrogens is 1440 g/mol. The predicted molar refractivity (Wildman–Crippen MR) is 460 cm³/mol. The fourth-order valence-electron chi connectivity index (χ4n) is 14.5. The zero-order valence-corrected chi connectivity index (χ0v) is 74.9. The molecule has 0 aliphatic heterocycles. The second-order valence-electron chi connectivity index (χ2n) is 33.5. The van der Waals surface area contributed by atoms with Gasteiger partial charge in [0.2, 0.25) is 0 Å². The summed E-state index contributed by atoms with van der Waals surface area (Å²) in [5.74, 6) is -1.27. The molecule has 0 saturated heterocycles. The Kier molecular flexibility index (Phi) is 83.0. The van der Waals surface area contributed by atoms with Gasteiger partial charge in [0.05, 0.1) is 26.4 Å². The van der Waals surface area contributed by atoms with Crippen LogP contribution in [-0.4, -0.2) is 96.7 Å². The topological polar surface area (TPSA) is 237 Å². The van der Waals surface area contributed by atoms with Crippen LogP contribution in [0.25, 0.3) is 0 Å². The molecular formula is C92H180O17P2. The molecule has 19 heteroatoms. The Morgan fingerprint density at radius 3 is 0.613 bits per heavy atom. The fraction of sp³-hybridized carbons (Fsp3) is 0.957. The van der Waals surface area contributed by atoms with Crippen molar-refractivity contribution in [1.82, 2.24) is 0 Å². The molecule has 660 valence electrons. The van der Waals surface area contributed by atoms with Crippen molar-refractivity contribution in [2.24, 2.45) is 5.92 Å². The number of rotatable bonds is 92. The first kappa shape index (κ1) is 109. The zero-order valence-electron chi connectivity index (χ0n) is 73.1. The van der Waals surface area contributed by atoms with Gasteiger partial charge < -0.3 is 33.8 Å². The first-order valence-corrected chi connectivity index (χ1v) is 50.6. The van der Waals surface area contributed by atoms with Crippen molar-refractivity contribution in [2.45, 2.75) is 522 Å². The minimum atomic E-state index is -4.97. The second-order valence-corrected chi connectivity index (χ2v) is 36.4. The van der Waals surface area contributed by atoms with Crippen LogP contribution in [0.4, 0.5) is 0 Å². The summed E-state index contributed by atoms with van der Waals surface area (Å²) >= 11 is 0. The smallest absolute Gasteiger partial charge is 0.462 e. The number of unbranched alkanes of at least 4 members (excludes halogenated alkanes) is 64. The summed E-state index contributed by atoms with van der Waals surface area (Å²) in [5.41, 5.74) is 0. The number of hydrogen-bond donors (Lipinski definition) is 3. The van der Waals surface area contributed by atoms with Gasteiger partial charge in [0.15, 0.2) is 12.2 Å². The lowest BCUT2D eigenvalue weighted by molar-refractivity contribution is -0.161. The minimum absolute atomic E-state index is 0.109. The lowest BCUT2D eigenvalue weighted by Crippen LogP contribution is -2.30. The van der Waals surface area contributed by atoms with E-state index in [2.05, 4.69) is 34.6 Å². The first-order chi connectivity index (χ1) is 54.0. The van der Waals surface area contributed by atoms with Gasteiger partial charge in [-0.2, -0.15) is 0 Å². The summed E-state index contributed by atoms with van der Waals surface area (Å²) in [6.07, 6.45) is 80.7. The third-order valence-electron chi connectivity index (χ3n) is 21.8. The van der Waals surface area contributed by atoms with E-state index in [-0.39, 0.29) is 25.7 Å². The lowest BCUT2D eigenvalue weighted by atomic mass is 10.0. The summed E-state index contributed by atoms with van der Waals surface area (Å²) in [5, 5.41) is 10.7. The normalized spacial score (nSPS) is 13.7. The van der Waals surface area contributed by atoms with E-state index in [0.717, 1.165) is 95.8 Å². The number of carbonyl (C=O) groups is 4. The van der Waals surface area contributed by atoms with Crippen molar-refractivity contribution in [3.63, 3.8) is 0 Å². The number of phosphoric acid groups is 2. The van der Waals surface area contributed by atoms with Gasteiger partial charge in [-0.25, -0.2) is 9.13 Å². The van der Waals surface area contributed by atoms with E-state index in [0.29, 0.717) is 25.7 Å². The third kappa shape index (κ3) is 85.8. The summed E-state index contributed by atoms with van der Waals surface area (Å²) in [6.45, 7) is 7.44. The first-order valence-electron chi connectivity index (χ1n) is 47.6. The number of carbonyl (C=O) groups excluding carboxylic acids is 4. The van der Waals surface area contributed by atoms with Crippen LogP contribution in [0.2, 0.25) is 0 Å². The van der Waals surface area contributed by atoms with E-state index < -0.39 is 97.5 Å². The molecule has 3 N–H and O–H groups in total. The SMILES string of the molecule is CCCCCCCCCCCCCCCCCCCCCCCCC(=O)O[C@H](COC(=O)CCCCCCCCCCCCCCCCCCCCC(C)C)COP(=O)(O)OC[C@@H](O)COP(=O)(O)OC[C@@H](COC(=O)CCCCCCCCCCCCC)OC(=O)CCCCCCCCCCCCCCCCCCC. The van der Waals surface area contributed by atoms with E-state index in [9.17, 15) is 43.2 Å². The van der Waals surface area contributed by atoms with Crippen LogP contribution in [0.5, 0.6) is 0 Å². The van der Waals surface area contributed by atoms with E-state index in [1.807, 2.05) is 0 Å². The van der Waals surface area contributed by atoms with Crippen molar-refractivity contribution < 1.29 is 80.2 Å². The third-order valence-corrected chi connectivity index (χ3v) is 23.7. The molecule has 17 nitrogen and oxygen atoms in total. The molecule has 0 bridgehead atoms. The van der Waals surface area contributed by atoms with Crippen molar-refractivity contribution in [1.29, 1.82) is 0 Å². The van der Waals surface area contributed by atoms with Crippen molar-refractivity contribution in [3.8, 4) is 0 Å². The molecule has 0 spiro atoms. The summed E-state index contributed by atoms with van der Waals surface area (Å²) in [4.78, 5) is 73.4. The van der Waals surface area contributed by atoms with Crippen LogP contribution >= 0.6 is 15.6 Å². The molecule has 0 fully saturated rings. The van der Waals surface area contributed by atoms with Crippen molar-refractivity contribution >= 4 is 39.5 Å². The number of aliphatic hydroxyl groups excluding tert-OH is 1. The van der Waals surface area contributed by atoms with Crippen LogP contribution in [0.15, 0.2) is 0 Å². The number of ether oxygens (including phenoxy) is 4. The Bertz CT molecular complexity index is 2100. The Balaban J connectivity index is 5.22. The molecule has 0 aromatic rings. The summed E-state index contributed by atoms with van der Waals surface area (Å²) in [6, 6.07) is 0. The van der Waals surface area contributed by atoms with Crippen LogP contribution in [0.1, 0.15) is 503 Å². The van der Waals surface area contributed by atoms with Crippen LogP contribution in [0, 0.1) is 5.92 Å². The molecule has 0 aromatic heterocycles. The quantitative estimate of drug-likeness (QED) is 0.0222. The summed E-state index contributed by atoms with van der Waals surface area (Å²) < 4.78 is 69.1. The lowest BCUT2D eigenvalue weighted by Gasteiger charge is -2.21. The maximum Gasteiger partial charge on any atom is 0.472 e. The van der Waals surface area contributed by atoms with E-state index in [1.165, 1.54) is 327 Å². The fourth-order valence-corrected chi connectivity index (χ4v) is 16.1. The standard InChI is InChI=1S/C92H180O17P2/c1-6-9-12-15-18-21-24-26-28-30-31-32-33-34-40-44-48-53-58-63-68-73-78-92(97)109-88(82-103-90(95)76-71-66-61-56-51-46-42-39-36-35-38-41-45-50-54-59-64-69-74-85(4)5)84-107-111(100,101)105-80-86(93)79-104-110(98,99)106-83-87(81-102-89(94)75-70-65-60-55-49-23-20-17-14-11-8-3)108-91(96)77-72-67-62-57-52-47-43-37-29-27-25-22-19-16-13-10-7-2/h85-88,93H,6-84H2,1-5H3,(H,98,99)(H,100,101)/t86-,87+,88+/m0/s1. The van der Waals surface area contributed by atoms with Gasteiger partial charge in [-0.15, -0.1) is 0 Å². The second kappa shape index (κ2) is 84.5. The molecule has 0 aliphatic rings. The number of hydrogen-bond acceptors (Lipinski definition) is 15. The largest absolute Gasteiger partial charge is 0.472 e. The molecule has 0 radical (unpaired) electrons. The van der Waals surface area contributed by atoms with E-state index >= 15 is 0 Å². The Morgan fingerprint density at radius 2 is 0.414 bits per heavy atom. The van der Waals surface area contributed by atoms with Crippen LogP contribution < -0.4 is 0 Å². The van der Waals surface area contributed by atoms with E-state index in [4.69, 9.17) is 37.0 Å². The molecule has 0 amide bonds. The van der Waals surface area contributed by atoms with E-state index in [1.54, 1.807) is 0 Å². The maximum atomic E-state index is 13.2. The Morgan fingerprint density at radius 1 is 0.243 bits per heavy atom. The molecule has 2 unspecified atom stereocenters. The van der Waals surface area contributed by atoms with Gasteiger partial charge in [-0.05, 0) is 31.6 Å². The highest BCUT2D eigenvalue weighted by molar-refractivity contribution is 7.47. The molecule has 5 atom stereocenters. The zero-order chi connectivity index (χ0) is 81.1. The molecule has 0 aliphatic carbocycles. The van der Waals surface area contributed by atoms with Crippen LogP contribution in [0.3, 0.4) is 0 Å². The minimum Gasteiger partial charge on any atom is -0.462 e. The average Bonchev–Trinajstić information content (AvgIpc) is 0.904. The van der Waals surface area contributed by atoms with Gasteiger partial charge in [0, 0.05) is 25.7 Å². The van der Waals surface area contributed by atoms with Crippen molar-refractivity contribution in [2.75, 3.05) is 39.6 Å². The van der Waals surface area contributed by atoms with Gasteiger partial charge in [-0.3, -0.25) is 37.3 Å². The highest BCUT2D eigenvalue weighted by Gasteiger charge is 2.31. The molecule has 0 aromatic carbocycles. The average molecular weight is 1620 g/mol. The Labute approximate surface area is 683 Å². The Hall–Kier alpha value is -1.94. The van der Waals surface area contributed by atoms with Gasteiger partial charge in [0.1, 0.15) is 19.3 Å². The van der Waals surface area contributed by atoms with Gasteiger partial charge >= 0.3 is 39.5 Å². The number of esters is 4. The predicted octanol–water partition coefficient (Wildman–Crippen LogP) is 28.7. The van der Waals surface area contributed by atoms with Gasteiger partial charge in [0.25, 0.3) is 0 Å². The molecule has 0 heterocycles. The number of phosphoric ester groups is 2. The maximum absolute atomic E-state index is 13.2. The molecule has 0 saturated carbocycles. The summed E-state index contributed by atoms with van der Waals surface area (Å²) in [7, 11) is -9.93. The molecule has 0 rings (SSSR count). The highest BCUT2D eigenvalue weighted by Crippen LogP contribution is 2.45.